The zero-order chi connectivity index (χ0) is 20.7. The lowest BCUT2D eigenvalue weighted by Gasteiger charge is -2.27. The van der Waals surface area contributed by atoms with E-state index in [0.717, 1.165) is 11.8 Å². The second-order valence-electron chi connectivity index (χ2n) is 6.49. The number of rotatable bonds is 9. The fraction of sp³-hybridized carbons (Fsp3) is 0.500. The second kappa shape index (κ2) is 9.41. The third-order valence-corrected chi connectivity index (χ3v) is 5.18. The minimum Gasteiger partial charge on any atom is -0.461 e. The van der Waals surface area contributed by atoms with Crippen LogP contribution in [0.5, 0.6) is 0 Å². The Bertz CT molecular complexity index is 856. The first kappa shape index (κ1) is 21.5. The minimum atomic E-state index is -1.02. The summed E-state index contributed by atoms with van der Waals surface area (Å²) in [6, 6.07) is 5.61. The fourth-order valence-corrected chi connectivity index (χ4v) is 3.01. The molecule has 0 spiro atoms. The van der Waals surface area contributed by atoms with Gasteiger partial charge in [0, 0.05) is 6.54 Å². The summed E-state index contributed by atoms with van der Waals surface area (Å²) in [4.78, 5) is 23.9. The first-order valence-corrected chi connectivity index (χ1v) is 9.77. The molecule has 2 rings (SSSR count). The third-order valence-electron chi connectivity index (χ3n) is 4.24. The van der Waals surface area contributed by atoms with Gasteiger partial charge in [-0.05, 0) is 31.9 Å². The SMILES string of the molecule is CCn1c(SCC(=O)OCC(=O)N[C@@](C)(C#N)C(C)C)nnc1-c1ccco1. The highest BCUT2D eigenvalue weighted by molar-refractivity contribution is 7.99. The Morgan fingerprint density at radius 3 is 2.79 bits per heavy atom. The van der Waals surface area contributed by atoms with Crippen molar-refractivity contribution in [1.82, 2.24) is 20.1 Å². The first-order chi connectivity index (χ1) is 13.3. The summed E-state index contributed by atoms with van der Waals surface area (Å²) in [6.07, 6.45) is 1.55. The molecule has 0 radical (unpaired) electrons. The maximum atomic E-state index is 12.0. The van der Waals surface area contributed by atoms with Crippen LogP contribution in [-0.2, 0) is 20.9 Å². The van der Waals surface area contributed by atoms with Gasteiger partial charge >= 0.3 is 5.97 Å². The van der Waals surface area contributed by atoms with Crippen LogP contribution in [-0.4, -0.2) is 44.5 Å². The van der Waals surface area contributed by atoms with Gasteiger partial charge in [0.1, 0.15) is 5.54 Å². The molecule has 0 aromatic carbocycles. The number of hydrogen-bond acceptors (Lipinski definition) is 8. The van der Waals surface area contributed by atoms with Gasteiger partial charge in [0.2, 0.25) is 0 Å². The Hall–Kier alpha value is -2.80. The van der Waals surface area contributed by atoms with E-state index >= 15 is 0 Å². The lowest BCUT2D eigenvalue weighted by Crippen LogP contribution is -2.50. The molecule has 2 heterocycles. The molecule has 0 aliphatic carbocycles. The average molecular weight is 405 g/mol. The van der Waals surface area contributed by atoms with E-state index in [9.17, 15) is 14.9 Å². The van der Waals surface area contributed by atoms with Gasteiger partial charge < -0.3 is 14.5 Å². The van der Waals surface area contributed by atoms with Gasteiger partial charge in [0.15, 0.2) is 23.3 Å². The lowest BCUT2D eigenvalue weighted by molar-refractivity contribution is -0.146. The van der Waals surface area contributed by atoms with Crippen molar-refractivity contribution in [2.75, 3.05) is 12.4 Å². The molecule has 0 aliphatic rings. The number of aromatic nitrogens is 3. The molecule has 1 amide bonds. The number of furan rings is 1. The molecule has 9 nitrogen and oxygen atoms in total. The zero-order valence-corrected chi connectivity index (χ0v) is 17.1. The van der Waals surface area contributed by atoms with Crippen LogP contribution in [0.3, 0.4) is 0 Å². The topological polar surface area (TPSA) is 123 Å². The number of thioether (sulfide) groups is 1. The molecular formula is C18H23N5O4S. The molecule has 150 valence electrons. The molecule has 0 unspecified atom stereocenters. The van der Waals surface area contributed by atoms with Crippen molar-refractivity contribution in [2.24, 2.45) is 5.92 Å². The predicted molar refractivity (Wildman–Crippen MR) is 102 cm³/mol. The monoisotopic (exact) mass is 405 g/mol. The number of nitriles is 1. The van der Waals surface area contributed by atoms with Crippen molar-refractivity contribution in [2.45, 2.75) is 44.9 Å². The van der Waals surface area contributed by atoms with Crippen molar-refractivity contribution in [3.8, 4) is 17.7 Å². The van der Waals surface area contributed by atoms with Crippen LogP contribution in [0.25, 0.3) is 11.6 Å². The van der Waals surface area contributed by atoms with Crippen LogP contribution in [0.1, 0.15) is 27.7 Å². The molecule has 10 heteroatoms. The molecule has 0 aliphatic heterocycles. The van der Waals surface area contributed by atoms with Crippen LogP contribution in [0, 0.1) is 17.2 Å². The molecule has 0 saturated heterocycles. The third kappa shape index (κ3) is 5.13. The number of amides is 1. The summed E-state index contributed by atoms with van der Waals surface area (Å²) in [7, 11) is 0. The van der Waals surface area contributed by atoms with Crippen molar-refractivity contribution in [3.05, 3.63) is 18.4 Å². The highest BCUT2D eigenvalue weighted by Gasteiger charge is 2.30. The number of esters is 1. The Kier molecular flexibility index (Phi) is 7.23. The maximum Gasteiger partial charge on any atom is 0.316 e. The van der Waals surface area contributed by atoms with Crippen LogP contribution in [0.15, 0.2) is 28.0 Å². The quantitative estimate of drug-likeness (QED) is 0.498. The lowest BCUT2D eigenvalue weighted by atomic mass is 9.90. The molecule has 0 fully saturated rings. The second-order valence-corrected chi connectivity index (χ2v) is 7.44. The van der Waals surface area contributed by atoms with E-state index in [1.54, 1.807) is 25.3 Å². The van der Waals surface area contributed by atoms with E-state index in [1.807, 2.05) is 25.3 Å². The Morgan fingerprint density at radius 1 is 1.46 bits per heavy atom. The Balaban J connectivity index is 1.87. The fourth-order valence-electron chi connectivity index (χ4n) is 2.21. The Morgan fingerprint density at radius 2 is 2.21 bits per heavy atom. The van der Waals surface area contributed by atoms with E-state index in [2.05, 4.69) is 21.6 Å². The number of carbonyl (C=O) groups excluding carboxylic acids is 2. The molecule has 28 heavy (non-hydrogen) atoms. The standard InChI is InChI=1S/C18H23N5O4S/c1-5-23-16(13-7-6-8-26-13)21-22-17(23)28-10-15(25)27-9-14(24)20-18(4,11-19)12(2)3/h6-8,12H,5,9-10H2,1-4H3,(H,20,24)/t18-/m0/s1. The molecule has 0 bridgehead atoms. The normalized spacial score (nSPS) is 13.0. The molecule has 1 N–H and O–H groups in total. The maximum absolute atomic E-state index is 12.0. The van der Waals surface area contributed by atoms with Crippen molar-refractivity contribution < 1.29 is 18.7 Å². The van der Waals surface area contributed by atoms with E-state index in [-0.39, 0.29) is 11.7 Å². The van der Waals surface area contributed by atoms with Gasteiger partial charge in [-0.2, -0.15) is 5.26 Å². The number of nitrogens with zero attached hydrogens (tertiary/aromatic N) is 4. The average Bonchev–Trinajstić information content (AvgIpc) is 3.33. The largest absolute Gasteiger partial charge is 0.461 e. The van der Waals surface area contributed by atoms with E-state index in [4.69, 9.17) is 9.15 Å². The van der Waals surface area contributed by atoms with Gasteiger partial charge in [-0.25, -0.2) is 0 Å². The summed E-state index contributed by atoms with van der Waals surface area (Å²) >= 11 is 1.16. The van der Waals surface area contributed by atoms with Gasteiger partial charge in [0.05, 0.1) is 18.1 Å². The minimum absolute atomic E-state index is 0.0245. The van der Waals surface area contributed by atoms with Crippen molar-refractivity contribution in [1.29, 1.82) is 5.26 Å². The molecule has 1 atom stereocenters. The molecular weight excluding hydrogens is 382 g/mol. The van der Waals surface area contributed by atoms with Crippen LogP contribution in [0.2, 0.25) is 0 Å². The van der Waals surface area contributed by atoms with Gasteiger partial charge in [-0.1, -0.05) is 25.6 Å². The summed E-state index contributed by atoms with van der Waals surface area (Å²) in [5.41, 5.74) is -1.02. The van der Waals surface area contributed by atoms with E-state index < -0.39 is 24.0 Å². The molecule has 2 aromatic rings. The highest BCUT2D eigenvalue weighted by atomic mass is 32.2. The number of carbonyl (C=O) groups is 2. The summed E-state index contributed by atoms with van der Waals surface area (Å²) < 4.78 is 12.2. The first-order valence-electron chi connectivity index (χ1n) is 8.78. The van der Waals surface area contributed by atoms with Gasteiger partial charge in [0.25, 0.3) is 5.91 Å². The highest BCUT2D eigenvalue weighted by Crippen LogP contribution is 2.24. The number of hydrogen-bond donors (Lipinski definition) is 1. The predicted octanol–water partition coefficient (Wildman–Crippen LogP) is 2.25. The van der Waals surface area contributed by atoms with Crippen LogP contribution in [0.4, 0.5) is 0 Å². The van der Waals surface area contributed by atoms with E-state index in [1.165, 1.54) is 0 Å². The van der Waals surface area contributed by atoms with Crippen molar-refractivity contribution in [3.63, 3.8) is 0 Å². The zero-order valence-electron chi connectivity index (χ0n) is 16.3. The summed E-state index contributed by atoms with van der Waals surface area (Å²) in [6.45, 7) is 7.37. The number of ether oxygens (including phenoxy) is 1. The van der Waals surface area contributed by atoms with Crippen LogP contribution >= 0.6 is 11.8 Å². The summed E-state index contributed by atoms with van der Waals surface area (Å²) in [5, 5.41) is 20.5. The van der Waals surface area contributed by atoms with Gasteiger partial charge in [-0.15, -0.1) is 10.2 Å². The number of nitrogens with one attached hydrogen (secondary N) is 1. The smallest absolute Gasteiger partial charge is 0.316 e. The Labute approximate surface area is 167 Å². The molecule has 0 saturated carbocycles. The van der Waals surface area contributed by atoms with Crippen LogP contribution < -0.4 is 5.32 Å². The summed E-state index contributed by atoms with van der Waals surface area (Å²) in [5.74, 6) is -0.0279. The van der Waals surface area contributed by atoms with E-state index in [0.29, 0.717) is 23.3 Å². The van der Waals surface area contributed by atoms with Gasteiger partial charge in [-0.3, -0.25) is 14.2 Å². The molecule has 2 aromatic heterocycles. The van der Waals surface area contributed by atoms with Crippen molar-refractivity contribution >= 4 is 23.6 Å².